The van der Waals surface area contributed by atoms with Crippen LogP contribution in [0.5, 0.6) is 0 Å². The fourth-order valence-electron chi connectivity index (χ4n) is 2.16. The zero-order chi connectivity index (χ0) is 14.9. The first-order valence-electron chi connectivity index (χ1n) is 6.79. The quantitative estimate of drug-likeness (QED) is 0.786. The van der Waals surface area contributed by atoms with Crippen LogP contribution in [0.1, 0.15) is 32.3 Å². The molecule has 0 radical (unpaired) electrons. The van der Waals surface area contributed by atoms with E-state index >= 15 is 0 Å². The van der Waals surface area contributed by atoms with E-state index < -0.39 is 5.54 Å². The van der Waals surface area contributed by atoms with Crippen molar-refractivity contribution in [3.05, 3.63) is 23.8 Å². The third kappa shape index (κ3) is 3.17. The van der Waals surface area contributed by atoms with E-state index in [0.29, 0.717) is 11.4 Å². The van der Waals surface area contributed by atoms with Gasteiger partial charge in [0.05, 0.1) is 5.54 Å². The lowest BCUT2D eigenvalue weighted by Crippen LogP contribution is -2.50. The normalized spacial score (nSPS) is 17.2. The van der Waals surface area contributed by atoms with Crippen LogP contribution in [0.25, 0.3) is 0 Å². The molecule has 1 unspecified atom stereocenters. The molecule has 1 atom stereocenters. The second-order valence-electron chi connectivity index (χ2n) is 5.72. The van der Waals surface area contributed by atoms with Crippen molar-refractivity contribution in [1.82, 2.24) is 0 Å². The topological polar surface area (TPSA) is 84.2 Å². The number of benzene rings is 1. The summed E-state index contributed by atoms with van der Waals surface area (Å²) < 4.78 is 0. The molecule has 2 rings (SSSR count). The van der Waals surface area contributed by atoms with Crippen molar-refractivity contribution in [3.63, 3.8) is 0 Å². The van der Waals surface area contributed by atoms with Crippen LogP contribution in [0, 0.1) is 12.8 Å². The molecule has 1 aliphatic carbocycles. The smallest absolute Gasteiger partial charge is 0.244 e. The summed E-state index contributed by atoms with van der Waals surface area (Å²) in [4.78, 5) is 23.3. The number of nitrogens with two attached hydrogens (primary N) is 1. The van der Waals surface area contributed by atoms with E-state index in [0.717, 1.165) is 18.4 Å². The number of hydrogen-bond acceptors (Lipinski definition) is 3. The van der Waals surface area contributed by atoms with Gasteiger partial charge in [-0.2, -0.15) is 0 Å². The standard InChI is InChI=1S/C15H21N3O2/c1-9-4-7-12(8-13(9)17-10(2)19)18-14(20)15(3,16)11-5-6-11/h4,7-8,11H,5-6,16H2,1-3H3,(H,17,19)(H,18,20). The van der Waals surface area contributed by atoms with Gasteiger partial charge in [0, 0.05) is 18.3 Å². The number of aryl methyl sites for hydroxylation is 1. The Bertz CT molecular complexity index is 548. The van der Waals surface area contributed by atoms with Crippen LogP contribution in [0.15, 0.2) is 18.2 Å². The van der Waals surface area contributed by atoms with Crippen molar-refractivity contribution in [1.29, 1.82) is 0 Å². The van der Waals surface area contributed by atoms with Crippen LogP contribution in [0.4, 0.5) is 11.4 Å². The van der Waals surface area contributed by atoms with E-state index in [2.05, 4.69) is 10.6 Å². The van der Waals surface area contributed by atoms with Gasteiger partial charge in [0.25, 0.3) is 0 Å². The zero-order valence-electron chi connectivity index (χ0n) is 12.1. The molecule has 0 heterocycles. The van der Waals surface area contributed by atoms with Crippen LogP contribution >= 0.6 is 0 Å². The highest BCUT2D eigenvalue weighted by atomic mass is 16.2. The number of carbonyl (C=O) groups is 2. The van der Waals surface area contributed by atoms with Crippen LogP contribution in [-0.4, -0.2) is 17.4 Å². The first-order chi connectivity index (χ1) is 9.30. The SMILES string of the molecule is CC(=O)Nc1cc(NC(=O)C(C)(N)C2CC2)ccc1C. The van der Waals surface area contributed by atoms with Crippen LogP contribution in [0.3, 0.4) is 0 Å². The monoisotopic (exact) mass is 275 g/mol. The molecule has 1 aliphatic rings. The first-order valence-corrected chi connectivity index (χ1v) is 6.79. The summed E-state index contributed by atoms with van der Waals surface area (Å²) in [6, 6.07) is 5.41. The highest BCUT2D eigenvalue weighted by molar-refractivity contribution is 5.99. The molecule has 2 amide bonds. The second kappa shape index (κ2) is 5.25. The number of anilines is 2. The largest absolute Gasteiger partial charge is 0.326 e. The maximum absolute atomic E-state index is 12.2. The Hall–Kier alpha value is -1.88. The van der Waals surface area contributed by atoms with E-state index in [9.17, 15) is 9.59 Å². The maximum atomic E-state index is 12.2. The molecule has 5 heteroatoms. The molecular formula is C15H21N3O2. The molecule has 1 aromatic rings. The van der Waals surface area contributed by atoms with Crippen molar-refractivity contribution in [2.45, 2.75) is 39.2 Å². The van der Waals surface area contributed by atoms with E-state index in [1.807, 2.05) is 19.1 Å². The Morgan fingerprint density at radius 3 is 2.50 bits per heavy atom. The van der Waals surface area contributed by atoms with Crippen molar-refractivity contribution < 1.29 is 9.59 Å². The van der Waals surface area contributed by atoms with Crippen LogP contribution in [0.2, 0.25) is 0 Å². The number of rotatable bonds is 4. The molecule has 0 bridgehead atoms. The van der Waals surface area contributed by atoms with Crippen molar-refractivity contribution in [2.24, 2.45) is 11.7 Å². The number of hydrogen-bond donors (Lipinski definition) is 3. The highest BCUT2D eigenvalue weighted by Crippen LogP contribution is 2.38. The van der Waals surface area contributed by atoms with Gasteiger partial charge in [-0.15, -0.1) is 0 Å². The lowest BCUT2D eigenvalue weighted by Gasteiger charge is -2.23. The van der Waals surface area contributed by atoms with E-state index in [4.69, 9.17) is 5.73 Å². The van der Waals surface area contributed by atoms with E-state index in [1.165, 1.54) is 6.92 Å². The molecule has 1 fully saturated rings. The average Bonchev–Trinajstić information content (AvgIpc) is 3.17. The minimum atomic E-state index is -0.834. The lowest BCUT2D eigenvalue weighted by molar-refractivity contribution is -0.121. The molecule has 1 aromatic carbocycles. The van der Waals surface area contributed by atoms with Gasteiger partial charge in [-0.05, 0) is 50.3 Å². The van der Waals surface area contributed by atoms with Gasteiger partial charge >= 0.3 is 0 Å². The van der Waals surface area contributed by atoms with E-state index in [-0.39, 0.29) is 17.7 Å². The number of amides is 2. The minimum Gasteiger partial charge on any atom is -0.326 e. The van der Waals surface area contributed by atoms with Gasteiger partial charge in [-0.3, -0.25) is 9.59 Å². The minimum absolute atomic E-state index is 0.141. The summed E-state index contributed by atoms with van der Waals surface area (Å²) in [5.41, 5.74) is 7.52. The molecular weight excluding hydrogens is 254 g/mol. The fraction of sp³-hybridized carbons (Fsp3) is 0.467. The Morgan fingerprint density at radius 2 is 1.95 bits per heavy atom. The lowest BCUT2D eigenvalue weighted by atomic mass is 9.96. The summed E-state index contributed by atoms with van der Waals surface area (Å²) >= 11 is 0. The van der Waals surface area contributed by atoms with Gasteiger partial charge < -0.3 is 16.4 Å². The number of carbonyl (C=O) groups excluding carboxylic acids is 2. The Labute approximate surface area is 118 Å². The van der Waals surface area contributed by atoms with E-state index in [1.54, 1.807) is 13.0 Å². The molecule has 20 heavy (non-hydrogen) atoms. The van der Waals surface area contributed by atoms with Crippen LogP contribution in [-0.2, 0) is 9.59 Å². The maximum Gasteiger partial charge on any atom is 0.244 e. The molecule has 0 aliphatic heterocycles. The van der Waals surface area contributed by atoms with Gasteiger partial charge in [0.2, 0.25) is 11.8 Å². The first kappa shape index (κ1) is 14.5. The summed E-state index contributed by atoms with van der Waals surface area (Å²) in [7, 11) is 0. The number of nitrogens with one attached hydrogen (secondary N) is 2. The predicted octanol–water partition coefficient (Wildman–Crippen LogP) is 2.02. The molecule has 0 saturated heterocycles. The summed E-state index contributed by atoms with van der Waals surface area (Å²) in [5, 5.41) is 5.57. The molecule has 0 spiro atoms. The molecule has 4 N–H and O–H groups in total. The summed E-state index contributed by atoms with van der Waals surface area (Å²) in [5.74, 6) is -0.0568. The molecule has 108 valence electrons. The van der Waals surface area contributed by atoms with Gasteiger partial charge in [-0.1, -0.05) is 6.07 Å². The molecule has 5 nitrogen and oxygen atoms in total. The zero-order valence-corrected chi connectivity index (χ0v) is 12.1. The van der Waals surface area contributed by atoms with Crippen molar-refractivity contribution >= 4 is 23.2 Å². The Balaban J connectivity index is 2.13. The Kier molecular flexibility index (Phi) is 3.81. The predicted molar refractivity (Wildman–Crippen MR) is 79.4 cm³/mol. The van der Waals surface area contributed by atoms with Gasteiger partial charge in [0.1, 0.15) is 0 Å². The second-order valence-corrected chi connectivity index (χ2v) is 5.72. The van der Waals surface area contributed by atoms with Gasteiger partial charge in [0.15, 0.2) is 0 Å². The van der Waals surface area contributed by atoms with Gasteiger partial charge in [-0.25, -0.2) is 0 Å². The highest BCUT2D eigenvalue weighted by Gasteiger charge is 2.44. The molecule has 0 aromatic heterocycles. The summed E-state index contributed by atoms with van der Waals surface area (Å²) in [6.45, 7) is 5.12. The fourth-order valence-corrected chi connectivity index (χ4v) is 2.16. The average molecular weight is 275 g/mol. The third-order valence-electron chi connectivity index (χ3n) is 3.72. The van der Waals surface area contributed by atoms with Crippen LogP contribution < -0.4 is 16.4 Å². The Morgan fingerprint density at radius 1 is 1.30 bits per heavy atom. The summed E-state index contributed by atoms with van der Waals surface area (Å²) in [6.07, 6.45) is 2.01. The van der Waals surface area contributed by atoms with Crippen molar-refractivity contribution in [3.8, 4) is 0 Å². The third-order valence-corrected chi connectivity index (χ3v) is 3.72. The van der Waals surface area contributed by atoms with Crippen molar-refractivity contribution in [2.75, 3.05) is 10.6 Å². The molecule has 1 saturated carbocycles.